The topological polar surface area (TPSA) is 76.7 Å². The second-order valence-corrected chi connectivity index (χ2v) is 5.44. The number of nitrogens with zero attached hydrogens (tertiary/aromatic N) is 1. The molecule has 0 spiro atoms. The molecule has 1 atom stereocenters. The number of amidine groups is 1. The van der Waals surface area contributed by atoms with Crippen LogP contribution in [-0.2, 0) is 9.53 Å². The normalized spacial score (nSPS) is 13.0. The number of hydrogen-bond donors (Lipinski definition) is 2. The Hall–Kier alpha value is -1.10. The molecule has 0 radical (unpaired) electrons. The lowest BCUT2D eigenvalue weighted by molar-refractivity contribution is -0.136. The molecule has 0 aliphatic carbocycles. The van der Waals surface area contributed by atoms with Gasteiger partial charge in [0.05, 0.1) is 0 Å². The Morgan fingerprint density at radius 3 is 2.29 bits per heavy atom. The summed E-state index contributed by atoms with van der Waals surface area (Å²) >= 11 is 0. The van der Waals surface area contributed by atoms with Gasteiger partial charge in [0.2, 0.25) is 0 Å². The summed E-state index contributed by atoms with van der Waals surface area (Å²) in [5.74, 6) is -0.441. The van der Waals surface area contributed by atoms with Crippen LogP contribution in [0.25, 0.3) is 0 Å². The Morgan fingerprint density at radius 2 is 1.71 bits per heavy atom. The highest BCUT2D eigenvalue weighted by molar-refractivity contribution is 5.89. The molecule has 21 heavy (non-hydrogen) atoms. The Morgan fingerprint density at radius 1 is 1.10 bits per heavy atom. The van der Waals surface area contributed by atoms with Crippen LogP contribution < -0.4 is 11.1 Å². The van der Waals surface area contributed by atoms with Crippen LogP contribution in [0, 0.1) is 0 Å². The van der Waals surface area contributed by atoms with Crippen molar-refractivity contribution in [3.8, 4) is 0 Å². The van der Waals surface area contributed by atoms with E-state index < -0.39 is 12.0 Å². The molecule has 5 nitrogen and oxygen atoms in total. The summed E-state index contributed by atoms with van der Waals surface area (Å²) in [6.45, 7) is 7.43. The largest absolute Gasteiger partial charge is 0.392 e. The lowest BCUT2D eigenvalue weighted by Gasteiger charge is -2.11. The lowest BCUT2D eigenvalue weighted by atomic mass is 10.2. The molecule has 0 aromatic heterocycles. The highest BCUT2D eigenvalue weighted by Gasteiger charge is 2.12. The van der Waals surface area contributed by atoms with Crippen molar-refractivity contribution in [1.82, 2.24) is 5.32 Å². The average Bonchev–Trinajstić information content (AvgIpc) is 2.46. The number of carbonyl (C=O) groups is 1. The van der Waals surface area contributed by atoms with Gasteiger partial charge in [-0.25, -0.2) is 9.79 Å². The van der Waals surface area contributed by atoms with E-state index in [9.17, 15) is 4.79 Å². The zero-order chi connectivity index (χ0) is 15.9. The molecular formula is C16H33N3O2. The molecule has 0 fully saturated rings. The van der Waals surface area contributed by atoms with Gasteiger partial charge in [0.15, 0.2) is 0 Å². The van der Waals surface area contributed by atoms with E-state index in [1.165, 1.54) is 32.1 Å². The number of nitrogens with one attached hydrogen (secondary N) is 1. The summed E-state index contributed by atoms with van der Waals surface area (Å²) in [6.07, 6.45) is 9.26. The highest BCUT2D eigenvalue weighted by Crippen LogP contribution is 2.00. The van der Waals surface area contributed by atoms with E-state index in [1.807, 2.05) is 0 Å². The van der Waals surface area contributed by atoms with Gasteiger partial charge in [-0.2, -0.15) is 0 Å². The number of rotatable bonds is 11. The van der Waals surface area contributed by atoms with E-state index in [4.69, 9.17) is 10.5 Å². The van der Waals surface area contributed by atoms with Crippen molar-refractivity contribution in [2.45, 2.75) is 78.2 Å². The first-order valence-electron chi connectivity index (χ1n) is 8.37. The van der Waals surface area contributed by atoms with Gasteiger partial charge < -0.3 is 15.8 Å². The summed E-state index contributed by atoms with van der Waals surface area (Å²) in [4.78, 5) is 15.9. The summed E-state index contributed by atoms with van der Waals surface area (Å²) < 4.78 is 5.20. The SMILES string of the molecule is CCCCCCN=C(NCCCCCC)OC(=O)C(C)N. The molecule has 5 heteroatoms. The highest BCUT2D eigenvalue weighted by atomic mass is 16.6. The monoisotopic (exact) mass is 299 g/mol. The van der Waals surface area contributed by atoms with E-state index in [1.54, 1.807) is 6.92 Å². The Bertz CT molecular complexity index is 291. The van der Waals surface area contributed by atoms with Crippen molar-refractivity contribution in [3.63, 3.8) is 0 Å². The molecular weight excluding hydrogens is 266 g/mol. The molecule has 0 heterocycles. The molecule has 1 unspecified atom stereocenters. The van der Waals surface area contributed by atoms with E-state index >= 15 is 0 Å². The van der Waals surface area contributed by atoms with Gasteiger partial charge >= 0.3 is 5.97 Å². The number of unbranched alkanes of at least 4 members (excludes halogenated alkanes) is 6. The first kappa shape index (κ1) is 19.9. The minimum atomic E-state index is -0.628. The fraction of sp³-hybridized carbons (Fsp3) is 0.875. The molecule has 124 valence electrons. The Kier molecular flexibility index (Phi) is 13.1. The van der Waals surface area contributed by atoms with E-state index in [0.717, 1.165) is 25.8 Å². The third kappa shape index (κ3) is 12.4. The smallest absolute Gasteiger partial charge is 0.330 e. The maximum absolute atomic E-state index is 11.6. The molecule has 0 saturated heterocycles. The van der Waals surface area contributed by atoms with Gasteiger partial charge in [-0.3, -0.25) is 0 Å². The molecule has 0 aliphatic rings. The zero-order valence-corrected chi connectivity index (χ0v) is 14.0. The summed E-state index contributed by atoms with van der Waals surface area (Å²) in [5.41, 5.74) is 5.52. The van der Waals surface area contributed by atoms with Crippen molar-refractivity contribution in [1.29, 1.82) is 0 Å². The average molecular weight is 299 g/mol. The van der Waals surface area contributed by atoms with Crippen LogP contribution in [-0.4, -0.2) is 31.1 Å². The summed E-state index contributed by atoms with van der Waals surface area (Å²) in [5, 5.41) is 3.11. The molecule has 3 N–H and O–H groups in total. The molecule has 0 aromatic rings. The van der Waals surface area contributed by atoms with Crippen molar-refractivity contribution < 1.29 is 9.53 Å². The molecule has 0 aliphatic heterocycles. The second kappa shape index (κ2) is 13.9. The number of nitrogens with two attached hydrogens (primary N) is 1. The maximum Gasteiger partial charge on any atom is 0.330 e. The third-order valence-electron chi connectivity index (χ3n) is 3.14. The minimum Gasteiger partial charge on any atom is -0.392 e. The summed E-state index contributed by atoms with van der Waals surface area (Å²) in [7, 11) is 0. The van der Waals surface area contributed by atoms with Crippen molar-refractivity contribution in [2.24, 2.45) is 10.7 Å². The zero-order valence-electron chi connectivity index (χ0n) is 14.0. The first-order chi connectivity index (χ1) is 10.1. The summed E-state index contributed by atoms with van der Waals surface area (Å²) in [6, 6.07) is -0.303. The van der Waals surface area contributed by atoms with Crippen LogP contribution in [0.2, 0.25) is 0 Å². The third-order valence-corrected chi connectivity index (χ3v) is 3.14. The number of hydrogen-bond acceptors (Lipinski definition) is 4. The van der Waals surface area contributed by atoms with Crippen LogP contribution in [0.1, 0.15) is 72.1 Å². The van der Waals surface area contributed by atoms with Gasteiger partial charge in [-0.05, 0) is 19.8 Å². The van der Waals surface area contributed by atoms with Crippen LogP contribution in [0.4, 0.5) is 0 Å². The predicted octanol–water partition coefficient (Wildman–Crippen LogP) is 2.98. The van der Waals surface area contributed by atoms with E-state index in [-0.39, 0.29) is 0 Å². The predicted molar refractivity (Wildman–Crippen MR) is 88.3 cm³/mol. The molecule has 0 bridgehead atoms. The molecule has 0 saturated carbocycles. The van der Waals surface area contributed by atoms with Gasteiger partial charge in [0, 0.05) is 13.1 Å². The standard InChI is InChI=1S/C16H33N3O2/c1-4-6-8-10-12-18-16(21-15(20)14(3)17)19-13-11-9-7-5-2/h14H,4-13,17H2,1-3H3,(H,18,19). The van der Waals surface area contributed by atoms with E-state index in [2.05, 4.69) is 24.2 Å². The fourth-order valence-corrected chi connectivity index (χ4v) is 1.78. The van der Waals surface area contributed by atoms with Crippen LogP contribution in [0.3, 0.4) is 0 Å². The fourth-order valence-electron chi connectivity index (χ4n) is 1.78. The number of carbonyl (C=O) groups excluding carboxylic acids is 1. The first-order valence-corrected chi connectivity index (χ1v) is 8.37. The second-order valence-electron chi connectivity index (χ2n) is 5.44. The molecule has 0 rings (SSSR count). The minimum absolute atomic E-state index is 0.324. The Labute approximate surface area is 129 Å². The molecule has 0 amide bonds. The lowest BCUT2D eigenvalue weighted by Crippen LogP contribution is -2.36. The van der Waals surface area contributed by atoms with Crippen molar-refractivity contribution in [3.05, 3.63) is 0 Å². The van der Waals surface area contributed by atoms with E-state index in [0.29, 0.717) is 12.6 Å². The molecule has 0 aromatic carbocycles. The number of aliphatic imine (C=N–C) groups is 1. The van der Waals surface area contributed by atoms with Crippen LogP contribution in [0.15, 0.2) is 4.99 Å². The maximum atomic E-state index is 11.6. The van der Waals surface area contributed by atoms with Gasteiger partial charge in [-0.15, -0.1) is 0 Å². The number of ether oxygens (including phenoxy) is 1. The van der Waals surface area contributed by atoms with Gasteiger partial charge in [-0.1, -0.05) is 52.4 Å². The van der Waals surface area contributed by atoms with Gasteiger partial charge in [0.25, 0.3) is 6.02 Å². The van der Waals surface area contributed by atoms with Gasteiger partial charge in [0.1, 0.15) is 6.04 Å². The number of esters is 1. The Balaban J connectivity index is 4.13. The van der Waals surface area contributed by atoms with Crippen molar-refractivity contribution in [2.75, 3.05) is 13.1 Å². The van der Waals surface area contributed by atoms with Crippen LogP contribution >= 0.6 is 0 Å². The quantitative estimate of drug-likeness (QED) is 0.266. The van der Waals surface area contributed by atoms with Crippen LogP contribution in [0.5, 0.6) is 0 Å². The van der Waals surface area contributed by atoms with Crippen molar-refractivity contribution >= 4 is 12.0 Å².